The molecule has 1 N–H and O–H groups in total. The van der Waals surface area contributed by atoms with Gasteiger partial charge in [-0.3, -0.25) is 4.79 Å². The Morgan fingerprint density at radius 1 is 1.15 bits per heavy atom. The van der Waals surface area contributed by atoms with Crippen molar-refractivity contribution in [3.63, 3.8) is 0 Å². The maximum atomic E-state index is 13.3. The molecule has 6 nitrogen and oxygen atoms in total. The number of Topliss-reactive ketones (excluding diaryl/α,β-unsaturated/α-hetero) is 1. The molecule has 1 aliphatic carbocycles. The zero-order valence-corrected chi connectivity index (χ0v) is 20.2. The summed E-state index contributed by atoms with van der Waals surface area (Å²) in [6.07, 6.45) is 1.33. The topological polar surface area (TPSA) is 69.0 Å². The molecule has 3 aromatic rings. The molecule has 33 heavy (non-hydrogen) atoms. The maximum absolute atomic E-state index is 13.3. The molecule has 1 atom stereocenters. The summed E-state index contributed by atoms with van der Waals surface area (Å²) < 4.78 is 7.21. The molecule has 5 rings (SSSR count). The number of ether oxygens (including phenoxy) is 1. The average Bonchev–Trinajstić information content (AvgIpc) is 3.19. The van der Waals surface area contributed by atoms with E-state index < -0.39 is 0 Å². The van der Waals surface area contributed by atoms with Crippen LogP contribution in [0, 0.1) is 12.3 Å². The number of rotatable bonds is 5. The number of thioether (sulfide) groups is 1. The molecule has 0 bridgehead atoms. The van der Waals surface area contributed by atoms with Crippen molar-refractivity contribution in [1.29, 1.82) is 0 Å². The molecular formula is C26H28N4O2S. The van der Waals surface area contributed by atoms with E-state index >= 15 is 0 Å². The molecule has 0 saturated heterocycles. The van der Waals surface area contributed by atoms with E-state index in [4.69, 9.17) is 14.8 Å². The highest BCUT2D eigenvalue weighted by molar-refractivity contribution is 7.98. The fourth-order valence-corrected chi connectivity index (χ4v) is 5.56. The van der Waals surface area contributed by atoms with Gasteiger partial charge in [-0.25, -0.2) is 4.68 Å². The number of aryl methyl sites for hydroxylation is 1. The van der Waals surface area contributed by atoms with Crippen molar-refractivity contribution >= 4 is 23.5 Å². The smallest absolute Gasteiger partial charge is 0.227 e. The van der Waals surface area contributed by atoms with Crippen LogP contribution in [-0.2, 0) is 10.5 Å². The molecule has 0 unspecified atom stereocenters. The minimum absolute atomic E-state index is 0.0853. The van der Waals surface area contributed by atoms with E-state index in [1.807, 2.05) is 28.9 Å². The summed E-state index contributed by atoms with van der Waals surface area (Å²) in [5, 5.41) is 8.99. The van der Waals surface area contributed by atoms with Crippen LogP contribution in [0.15, 0.2) is 65.0 Å². The van der Waals surface area contributed by atoms with Crippen LogP contribution in [0.1, 0.15) is 49.4 Å². The van der Waals surface area contributed by atoms with Crippen LogP contribution >= 0.6 is 11.8 Å². The second kappa shape index (κ2) is 8.37. The lowest BCUT2D eigenvalue weighted by Crippen LogP contribution is -2.36. The number of hydrogen-bond donors (Lipinski definition) is 1. The molecule has 2 aliphatic rings. The first-order chi connectivity index (χ1) is 15.8. The van der Waals surface area contributed by atoms with Gasteiger partial charge in [0.2, 0.25) is 11.1 Å². The minimum atomic E-state index is -0.300. The third-order valence-corrected chi connectivity index (χ3v) is 7.25. The lowest BCUT2D eigenvalue weighted by molar-refractivity contribution is -0.118. The Hall–Kier alpha value is -3.06. The quantitative estimate of drug-likeness (QED) is 0.504. The van der Waals surface area contributed by atoms with Gasteiger partial charge in [-0.05, 0) is 47.6 Å². The molecule has 1 aromatic heterocycles. The van der Waals surface area contributed by atoms with Crippen molar-refractivity contribution in [1.82, 2.24) is 14.8 Å². The van der Waals surface area contributed by atoms with Crippen LogP contribution in [-0.4, -0.2) is 27.7 Å². The van der Waals surface area contributed by atoms with Crippen LogP contribution in [0.4, 0.5) is 5.95 Å². The highest BCUT2D eigenvalue weighted by Crippen LogP contribution is 2.45. The van der Waals surface area contributed by atoms with Gasteiger partial charge in [0.05, 0.1) is 7.11 Å². The number of allylic oxidation sites excluding steroid dienone is 2. The lowest BCUT2D eigenvalue weighted by Gasteiger charge is -2.38. The normalized spacial score (nSPS) is 19.0. The first kappa shape index (κ1) is 21.8. The van der Waals surface area contributed by atoms with E-state index in [0.29, 0.717) is 17.5 Å². The number of aromatic nitrogens is 3. The van der Waals surface area contributed by atoms with Crippen LogP contribution in [0.3, 0.4) is 0 Å². The second-order valence-electron chi connectivity index (χ2n) is 9.51. The number of ketones is 1. The summed E-state index contributed by atoms with van der Waals surface area (Å²) in [7, 11) is 1.65. The summed E-state index contributed by atoms with van der Waals surface area (Å²) in [6.45, 7) is 6.40. The van der Waals surface area contributed by atoms with Crippen molar-refractivity contribution in [3.8, 4) is 5.75 Å². The van der Waals surface area contributed by atoms with E-state index in [1.165, 1.54) is 11.1 Å². The molecule has 170 valence electrons. The van der Waals surface area contributed by atoms with E-state index in [2.05, 4.69) is 50.4 Å². The highest BCUT2D eigenvalue weighted by Gasteiger charge is 2.41. The fourth-order valence-electron chi connectivity index (χ4n) is 4.66. The van der Waals surface area contributed by atoms with Gasteiger partial charge < -0.3 is 10.1 Å². The Morgan fingerprint density at radius 3 is 2.64 bits per heavy atom. The average molecular weight is 461 g/mol. The van der Waals surface area contributed by atoms with Crippen molar-refractivity contribution < 1.29 is 9.53 Å². The Morgan fingerprint density at radius 2 is 1.91 bits per heavy atom. The second-order valence-corrected chi connectivity index (χ2v) is 10.5. The third-order valence-electron chi connectivity index (χ3n) is 6.36. The van der Waals surface area contributed by atoms with Gasteiger partial charge in [-0.15, -0.1) is 5.10 Å². The van der Waals surface area contributed by atoms with Crippen LogP contribution < -0.4 is 10.1 Å². The molecule has 2 aromatic carbocycles. The number of nitrogens with one attached hydrogen (secondary N) is 1. The predicted octanol–water partition coefficient (Wildman–Crippen LogP) is 5.55. The molecule has 0 radical (unpaired) electrons. The van der Waals surface area contributed by atoms with Crippen LogP contribution in [0.25, 0.3) is 0 Å². The molecule has 0 amide bonds. The summed E-state index contributed by atoms with van der Waals surface area (Å²) in [5.74, 6) is 2.44. The number of hydrogen-bond acceptors (Lipinski definition) is 6. The zero-order chi connectivity index (χ0) is 23.2. The summed E-state index contributed by atoms with van der Waals surface area (Å²) in [5.41, 5.74) is 5.20. The predicted molar refractivity (Wildman–Crippen MR) is 131 cm³/mol. The number of fused-ring (bicyclic) bond motifs is 1. The monoisotopic (exact) mass is 460 g/mol. The van der Waals surface area contributed by atoms with Crippen molar-refractivity contribution in [2.45, 2.75) is 50.6 Å². The van der Waals surface area contributed by atoms with Gasteiger partial charge >= 0.3 is 0 Å². The summed E-state index contributed by atoms with van der Waals surface area (Å²) >= 11 is 1.61. The van der Waals surface area contributed by atoms with Crippen LogP contribution in [0.2, 0.25) is 0 Å². The van der Waals surface area contributed by atoms with Crippen molar-refractivity contribution in [3.05, 3.63) is 76.5 Å². The highest BCUT2D eigenvalue weighted by atomic mass is 32.2. The van der Waals surface area contributed by atoms with Crippen LogP contribution in [0.5, 0.6) is 5.75 Å². The van der Waals surface area contributed by atoms with Gasteiger partial charge in [0.25, 0.3) is 0 Å². The SMILES string of the molecule is COc1ccc([C@H]2C3=C(CC(C)(C)CC3=O)Nc3nc(SCc4ccccc4C)nn32)cc1. The van der Waals surface area contributed by atoms with Gasteiger partial charge in [0.1, 0.15) is 11.8 Å². The van der Waals surface area contributed by atoms with E-state index in [0.717, 1.165) is 34.8 Å². The number of methoxy groups -OCH3 is 1. The number of carbonyl (C=O) groups excluding carboxylic acids is 1. The summed E-state index contributed by atoms with van der Waals surface area (Å²) in [6, 6.07) is 15.9. The molecule has 2 heterocycles. The first-order valence-electron chi connectivity index (χ1n) is 11.2. The molecule has 0 saturated carbocycles. The van der Waals surface area contributed by atoms with E-state index in [-0.39, 0.29) is 17.2 Å². The molecular weight excluding hydrogens is 432 g/mol. The maximum Gasteiger partial charge on any atom is 0.227 e. The van der Waals surface area contributed by atoms with Gasteiger partial charge in [-0.2, -0.15) is 4.98 Å². The van der Waals surface area contributed by atoms with E-state index in [1.54, 1.807) is 18.9 Å². The Labute approximate surface area is 198 Å². The van der Waals surface area contributed by atoms with Gasteiger partial charge in [-0.1, -0.05) is 62.0 Å². The standard InChI is InChI=1S/C26H28N4O2S/c1-16-7-5-6-8-18(16)15-33-25-28-24-27-20-13-26(2,3)14-21(31)22(20)23(30(24)29-25)17-9-11-19(32-4)12-10-17/h5-12,23H,13-15H2,1-4H3,(H,27,28,29)/t23-/m0/s1. The fraction of sp³-hybridized carbons (Fsp3) is 0.346. The minimum Gasteiger partial charge on any atom is -0.497 e. The first-order valence-corrected chi connectivity index (χ1v) is 12.1. The molecule has 0 spiro atoms. The Balaban J connectivity index is 1.53. The number of carbonyl (C=O) groups is 1. The van der Waals surface area contributed by atoms with E-state index in [9.17, 15) is 4.79 Å². The lowest BCUT2D eigenvalue weighted by atomic mass is 9.73. The molecule has 0 fully saturated rings. The number of anilines is 1. The summed E-state index contributed by atoms with van der Waals surface area (Å²) in [4.78, 5) is 18.1. The molecule has 7 heteroatoms. The Bertz CT molecular complexity index is 1240. The van der Waals surface area contributed by atoms with Gasteiger partial charge in [0.15, 0.2) is 5.78 Å². The van der Waals surface area contributed by atoms with Crippen molar-refractivity contribution in [2.24, 2.45) is 5.41 Å². The Kier molecular flexibility index (Phi) is 5.52. The van der Waals surface area contributed by atoms with Gasteiger partial charge in [0, 0.05) is 23.4 Å². The number of benzene rings is 2. The third kappa shape index (κ3) is 4.17. The van der Waals surface area contributed by atoms with Crippen molar-refractivity contribution in [2.75, 3.05) is 12.4 Å². The zero-order valence-electron chi connectivity index (χ0n) is 19.4. The number of nitrogens with zero attached hydrogens (tertiary/aromatic N) is 3. The molecule has 1 aliphatic heterocycles. The largest absolute Gasteiger partial charge is 0.497 e.